The van der Waals surface area contributed by atoms with Crippen LogP contribution in [0.4, 0.5) is 0 Å². The van der Waals surface area contributed by atoms with Crippen LogP contribution in [-0.4, -0.2) is 10.1 Å². The predicted octanol–water partition coefficient (Wildman–Crippen LogP) is 1.42. The highest BCUT2D eigenvalue weighted by Gasteiger charge is 1.96. The van der Waals surface area contributed by atoms with Gasteiger partial charge in [0.25, 0.3) is 5.56 Å². The van der Waals surface area contributed by atoms with Crippen molar-refractivity contribution in [3.63, 3.8) is 0 Å². The smallest absolute Gasteiger partial charge is 0.250 e. The number of H-pyrrole nitrogens is 1. The van der Waals surface area contributed by atoms with Crippen molar-refractivity contribution < 1.29 is 5.11 Å². The summed E-state index contributed by atoms with van der Waals surface area (Å²) in [6.07, 6.45) is 2.99. The number of aryl methyl sites for hydroxylation is 1. The average Bonchev–Trinajstić information content (AvgIpc) is 1.99. The Balaban J connectivity index is 2.79. The summed E-state index contributed by atoms with van der Waals surface area (Å²) in [4.78, 5) is 13.1. The van der Waals surface area contributed by atoms with Gasteiger partial charge in [-0.25, -0.2) is 0 Å². The summed E-state index contributed by atoms with van der Waals surface area (Å²) in [7, 11) is 0. The molecule has 12 heavy (non-hydrogen) atoms. The predicted molar refractivity (Wildman–Crippen MR) is 47.3 cm³/mol. The van der Waals surface area contributed by atoms with E-state index in [9.17, 15) is 4.79 Å². The summed E-state index contributed by atoms with van der Waals surface area (Å²) in [5, 5.41) is 9.04. The van der Waals surface area contributed by atoms with E-state index in [2.05, 4.69) is 11.9 Å². The SMILES string of the molecule is CCCCc1cc(O)[nH]c(=O)c1. The van der Waals surface area contributed by atoms with Crippen molar-refractivity contribution in [3.8, 4) is 5.88 Å². The van der Waals surface area contributed by atoms with Crippen LogP contribution < -0.4 is 5.56 Å². The molecule has 1 aromatic rings. The number of unbranched alkanes of at least 4 members (excludes halogenated alkanes) is 1. The van der Waals surface area contributed by atoms with Crippen molar-refractivity contribution in [2.45, 2.75) is 26.2 Å². The van der Waals surface area contributed by atoms with Crippen molar-refractivity contribution >= 4 is 0 Å². The number of hydrogen-bond donors (Lipinski definition) is 2. The fraction of sp³-hybridized carbons (Fsp3) is 0.444. The summed E-state index contributed by atoms with van der Waals surface area (Å²) in [5.74, 6) is -0.0476. The molecule has 1 aromatic heterocycles. The Morgan fingerprint density at radius 2 is 2.25 bits per heavy atom. The fourth-order valence-electron chi connectivity index (χ4n) is 1.11. The van der Waals surface area contributed by atoms with Crippen molar-refractivity contribution in [1.29, 1.82) is 0 Å². The zero-order valence-electron chi connectivity index (χ0n) is 7.13. The normalized spacial score (nSPS) is 10.1. The second kappa shape index (κ2) is 3.95. The highest BCUT2D eigenvalue weighted by Crippen LogP contribution is 2.07. The minimum absolute atomic E-state index is 0.0476. The van der Waals surface area contributed by atoms with Crippen molar-refractivity contribution in [3.05, 3.63) is 28.0 Å². The van der Waals surface area contributed by atoms with Crippen LogP contribution in [0.5, 0.6) is 5.88 Å². The molecular weight excluding hydrogens is 154 g/mol. The van der Waals surface area contributed by atoms with Crippen molar-refractivity contribution in [2.24, 2.45) is 0 Å². The van der Waals surface area contributed by atoms with E-state index >= 15 is 0 Å². The average molecular weight is 167 g/mol. The highest BCUT2D eigenvalue weighted by molar-refractivity contribution is 5.19. The largest absolute Gasteiger partial charge is 0.495 e. The van der Waals surface area contributed by atoms with Crippen molar-refractivity contribution in [2.75, 3.05) is 0 Å². The van der Waals surface area contributed by atoms with Crippen molar-refractivity contribution in [1.82, 2.24) is 4.98 Å². The maximum atomic E-state index is 10.9. The molecule has 3 heteroatoms. The van der Waals surface area contributed by atoms with Crippen LogP contribution in [0.3, 0.4) is 0 Å². The van der Waals surface area contributed by atoms with Gasteiger partial charge in [0.1, 0.15) is 0 Å². The van der Waals surface area contributed by atoms with Gasteiger partial charge in [0.15, 0.2) is 5.88 Å². The second-order valence-corrected chi connectivity index (χ2v) is 2.84. The van der Waals surface area contributed by atoms with E-state index in [1.165, 1.54) is 6.07 Å². The lowest BCUT2D eigenvalue weighted by Gasteiger charge is -1.98. The molecule has 0 aliphatic rings. The number of hydrogen-bond acceptors (Lipinski definition) is 2. The van der Waals surface area contributed by atoms with E-state index in [1.54, 1.807) is 6.07 Å². The standard InChI is InChI=1S/C9H13NO2/c1-2-3-4-7-5-8(11)10-9(12)6-7/h5-6H,2-4H2,1H3,(H2,10,11,12). The van der Waals surface area contributed by atoms with Crippen LogP contribution in [0.15, 0.2) is 16.9 Å². The molecule has 0 aliphatic carbocycles. The van der Waals surface area contributed by atoms with Crippen LogP contribution in [0, 0.1) is 0 Å². The number of pyridine rings is 1. The molecule has 0 aliphatic heterocycles. The lowest BCUT2D eigenvalue weighted by atomic mass is 10.1. The summed E-state index contributed by atoms with van der Waals surface area (Å²) in [6, 6.07) is 3.12. The Labute approximate surface area is 71.1 Å². The molecule has 1 rings (SSSR count). The molecule has 0 aromatic carbocycles. The zero-order chi connectivity index (χ0) is 8.97. The molecule has 0 bridgehead atoms. The van der Waals surface area contributed by atoms with Crippen LogP contribution in [0.25, 0.3) is 0 Å². The van der Waals surface area contributed by atoms with E-state index in [-0.39, 0.29) is 11.4 Å². The Hall–Kier alpha value is -1.25. The second-order valence-electron chi connectivity index (χ2n) is 2.84. The third-order valence-electron chi connectivity index (χ3n) is 1.71. The molecule has 0 atom stereocenters. The Kier molecular flexibility index (Phi) is 2.91. The van der Waals surface area contributed by atoms with E-state index in [1.807, 2.05) is 0 Å². The molecule has 0 fully saturated rings. The first-order valence-electron chi connectivity index (χ1n) is 4.14. The maximum Gasteiger partial charge on any atom is 0.250 e. The van der Waals surface area contributed by atoms with Crippen LogP contribution >= 0.6 is 0 Å². The van der Waals surface area contributed by atoms with Crippen LogP contribution in [0.2, 0.25) is 0 Å². The number of nitrogens with one attached hydrogen (secondary N) is 1. The lowest BCUT2D eigenvalue weighted by Crippen LogP contribution is -2.04. The topological polar surface area (TPSA) is 53.1 Å². The van der Waals surface area contributed by atoms with E-state index in [0.29, 0.717) is 0 Å². The molecule has 66 valence electrons. The quantitative estimate of drug-likeness (QED) is 0.715. The molecule has 0 amide bonds. The van der Waals surface area contributed by atoms with Gasteiger partial charge in [0.05, 0.1) is 0 Å². The third kappa shape index (κ3) is 2.42. The molecule has 1 heterocycles. The summed E-state index contributed by atoms with van der Waals surface area (Å²) in [6.45, 7) is 2.09. The first kappa shape index (κ1) is 8.84. The van der Waals surface area contributed by atoms with E-state index < -0.39 is 0 Å². The first-order valence-corrected chi connectivity index (χ1v) is 4.14. The number of aromatic amines is 1. The molecule has 0 saturated carbocycles. The van der Waals surface area contributed by atoms with Gasteiger partial charge in [-0.05, 0) is 18.4 Å². The monoisotopic (exact) mass is 167 g/mol. The molecule has 3 nitrogen and oxygen atoms in total. The first-order chi connectivity index (χ1) is 5.72. The number of rotatable bonds is 3. The number of aromatic hydroxyl groups is 1. The van der Waals surface area contributed by atoms with Crippen LogP contribution in [0.1, 0.15) is 25.3 Å². The molecule has 0 saturated heterocycles. The minimum Gasteiger partial charge on any atom is -0.495 e. The summed E-state index contributed by atoms with van der Waals surface area (Å²) >= 11 is 0. The van der Waals surface area contributed by atoms with Crippen LogP contribution in [-0.2, 0) is 6.42 Å². The van der Waals surface area contributed by atoms with Gasteiger partial charge in [-0.2, -0.15) is 0 Å². The van der Waals surface area contributed by atoms with Gasteiger partial charge in [-0.1, -0.05) is 13.3 Å². The third-order valence-corrected chi connectivity index (χ3v) is 1.71. The number of aromatic nitrogens is 1. The molecule has 0 radical (unpaired) electrons. The highest BCUT2D eigenvalue weighted by atomic mass is 16.3. The fourth-order valence-corrected chi connectivity index (χ4v) is 1.11. The molecule has 0 unspecified atom stereocenters. The van der Waals surface area contributed by atoms with Gasteiger partial charge < -0.3 is 5.11 Å². The van der Waals surface area contributed by atoms with E-state index in [4.69, 9.17) is 5.11 Å². The minimum atomic E-state index is -0.235. The van der Waals surface area contributed by atoms with Gasteiger partial charge >= 0.3 is 0 Å². The Bertz CT molecular complexity index is 304. The van der Waals surface area contributed by atoms with Gasteiger partial charge in [-0.15, -0.1) is 0 Å². The van der Waals surface area contributed by atoms with Gasteiger partial charge in [0, 0.05) is 12.1 Å². The molecule has 0 spiro atoms. The molecule has 2 N–H and O–H groups in total. The zero-order valence-corrected chi connectivity index (χ0v) is 7.13. The molecular formula is C9H13NO2. The summed E-state index contributed by atoms with van der Waals surface area (Å²) in [5.41, 5.74) is 0.666. The lowest BCUT2D eigenvalue weighted by molar-refractivity contribution is 0.450. The Morgan fingerprint density at radius 3 is 2.83 bits per heavy atom. The summed E-state index contributed by atoms with van der Waals surface area (Å²) < 4.78 is 0. The van der Waals surface area contributed by atoms with E-state index in [0.717, 1.165) is 24.8 Å². The Morgan fingerprint density at radius 1 is 1.50 bits per heavy atom. The maximum absolute atomic E-state index is 10.9. The van der Waals surface area contributed by atoms with Gasteiger partial charge in [0.2, 0.25) is 0 Å². The van der Waals surface area contributed by atoms with Gasteiger partial charge in [-0.3, -0.25) is 9.78 Å².